The Morgan fingerprint density at radius 1 is 0.960 bits per heavy atom. The van der Waals surface area contributed by atoms with Gasteiger partial charge < -0.3 is 18.1 Å². The molecule has 0 aromatic heterocycles. The van der Waals surface area contributed by atoms with Gasteiger partial charge in [0.2, 0.25) is 0 Å². The smallest absolute Gasteiger partial charge is 0.341 e. The van der Waals surface area contributed by atoms with Gasteiger partial charge in [-0.05, 0) is 70.4 Å². The first-order valence-corrected chi connectivity index (χ1v) is 18.0. The Kier molecular flexibility index (Phi) is 7.63. The summed E-state index contributed by atoms with van der Waals surface area (Å²) in [5.74, 6) is -0.561. The minimum atomic E-state index is -2.30. The molecule has 0 saturated heterocycles. The molecule has 8 heteroatoms. The van der Waals surface area contributed by atoms with E-state index in [1.54, 1.807) is 18.2 Å². The Bertz CT molecular complexity index is 562. The molecule has 1 N–H and O–H groups in total. The molecule has 1 aromatic rings. The van der Waals surface area contributed by atoms with Gasteiger partial charge in [0.05, 0.1) is 6.61 Å². The molecule has 0 bridgehead atoms. The Hall–Kier alpha value is -0.939. The maximum absolute atomic E-state index is 12.0. The van der Waals surface area contributed by atoms with Gasteiger partial charge in [-0.1, -0.05) is 12.1 Å². The lowest BCUT2D eigenvalue weighted by molar-refractivity contribution is 0.0499. The van der Waals surface area contributed by atoms with Crippen LogP contribution < -0.4 is 0 Å². The first-order valence-electron chi connectivity index (χ1n) is 8.67. The van der Waals surface area contributed by atoms with E-state index in [1.165, 1.54) is 6.07 Å². The van der Waals surface area contributed by atoms with Crippen molar-refractivity contribution >= 4 is 31.2 Å². The number of hydrogen-bond acceptors (Lipinski definition) is 5. The van der Waals surface area contributed by atoms with Crippen LogP contribution in [0.25, 0.3) is 0 Å². The third-order valence-corrected chi connectivity index (χ3v) is 12.8. The van der Waals surface area contributed by atoms with Crippen LogP contribution in [0, 0.1) is 0 Å². The predicted molar refractivity (Wildman–Crippen MR) is 108 cm³/mol. The minimum Gasteiger partial charge on any atom is -0.507 e. The van der Waals surface area contributed by atoms with Gasteiger partial charge in [0.15, 0.2) is 16.6 Å². The molecule has 1 aromatic carbocycles. The van der Waals surface area contributed by atoms with Gasteiger partial charge in [-0.3, -0.25) is 0 Å². The van der Waals surface area contributed by atoms with Crippen molar-refractivity contribution in [2.75, 3.05) is 6.61 Å². The summed E-state index contributed by atoms with van der Waals surface area (Å²) in [5, 5.41) is 9.70. The van der Waals surface area contributed by atoms with Crippen molar-refractivity contribution in [3.8, 4) is 5.75 Å². The molecule has 0 aliphatic heterocycles. The predicted octanol–water partition coefficient (Wildman–Crippen LogP) is 4.71. The van der Waals surface area contributed by atoms with Crippen LogP contribution in [0.5, 0.6) is 5.75 Å². The summed E-state index contributed by atoms with van der Waals surface area (Å²) in [6, 6.07) is 7.19. The van der Waals surface area contributed by atoms with E-state index >= 15 is 0 Å². The monoisotopic (exact) mass is 400 g/mol. The summed E-state index contributed by atoms with van der Waals surface area (Å²) in [6.07, 6.45) is 0.691. The molecule has 0 spiro atoms. The molecule has 0 amide bonds. The quantitative estimate of drug-likeness (QED) is 0.369. The highest BCUT2D eigenvalue weighted by molar-refractivity contribution is 6.87. The number of carbonyl (C=O) groups is 1. The van der Waals surface area contributed by atoms with Gasteiger partial charge in [-0.2, -0.15) is 0 Å². The maximum atomic E-state index is 12.0. The van der Waals surface area contributed by atoms with E-state index in [0.717, 1.165) is 6.04 Å². The standard InChI is InChI=1S/C17H32O5Si3/c1-23(2,3)21-25(7,22-24(4,5)6)14-10-13-20-17(19)15-11-8-9-12-16(15)18/h8-9,11-12,18H,10,13-14H2,1-7H3. The van der Waals surface area contributed by atoms with E-state index in [0.29, 0.717) is 13.0 Å². The molecule has 25 heavy (non-hydrogen) atoms. The number of phenols is 1. The summed E-state index contributed by atoms with van der Waals surface area (Å²) in [4.78, 5) is 12.0. The van der Waals surface area contributed by atoms with Crippen LogP contribution in [-0.4, -0.2) is 42.9 Å². The Labute approximate surface area is 154 Å². The number of esters is 1. The summed E-state index contributed by atoms with van der Waals surface area (Å²) in [6.45, 7) is 15.4. The summed E-state index contributed by atoms with van der Waals surface area (Å²) >= 11 is 0. The van der Waals surface area contributed by atoms with Crippen LogP contribution in [0.15, 0.2) is 24.3 Å². The van der Waals surface area contributed by atoms with Crippen molar-refractivity contribution in [2.24, 2.45) is 0 Å². The Balaban J connectivity index is 2.60. The zero-order chi connectivity index (χ0) is 19.3. The third kappa shape index (κ3) is 8.82. The van der Waals surface area contributed by atoms with Crippen molar-refractivity contribution in [3.05, 3.63) is 29.8 Å². The highest BCUT2D eigenvalue weighted by Crippen LogP contribution is 2.25. The van der Waals surface area contributed by atoms with Crippen LogP contribution in [0.3, 0.4) is 0 Å². The molecule has 1 rings (SSSR count). The minimum absolute atomic E-state index is 0.0594. The second-order valence-corrected chi connectivity index (χ2v) is 21.2. The number of ether oxygens (including phenoxy) is 1. The zero-order valence-electron chi connectivity index (χ0n) is 16.5. The fourth-order valence-corrected chi connectivity index (χ4v) is 15.2. The maximum Gasteiger partial charge on any atom is 0.341 e. The molecule has 142 valence electrons. The fourth-order valence-electron chi connectivity index (χ4n) is 2.70. The highest BCUT2D eigenvalue weighted by atomic mass is 28.5. The van der Waals surface area contributed by atoms with Gasteiger partial charge in [0, 0.05) is 0 Å². The van der Waals surface area contributed by atoms with Crippen molar-refractivity contribution in [2.45, 2.75) is 58.3 Å². The summed E-state index contributed by atoms with van der Waals surface area (Å²) < 4.78 is 18.1. The normalized spacial score (nSPS) is 12.9. The lowest BCUT2D eigenvalue weighted by Crippen LogP contribution is -2.52. The van der Waals surface area contributed by atoms with E-state index in [9.17, 15) is 9.90 Å². The van der Waals surface area contributed by atoms with E-state index in [-0.39, 0.29) is 11.3 Å². The molecule has 0 heterocycles. The first kappa shape index (κ1) is 22.1. The highest BCUT2D eigenvalue weighted by Gasteiger charge is 2.39. The van der Waals surface area contributed by atoms with Crippen LogP contribution in [-0.2, 0) is 13.0 Å². The number of rotatable bonds is 9. The van der Waals surface area contributed by atoms with Gasteiger partial charge >= 0.3 is 14.5 Å². The third-order valence-electron chi connectivity index (χ3n) is 3.18. The SMILES string of the molecule is C[Si](C)(C)O[Si](C)(CCCOC(=O)c1ccccc1O)O[Si](C)(C)C. The lowest BCUT2D eigenvalue weighted by Gasteiger charge is -2.38. The van der Waals surface area contributed by atoms with Gasteiger partial charge in [0.25, 0.3) is 0 Å². The zero-order valence-corrected chi connectivity index (χ0v) is 19.5. The number of benzene rings is 1. The average molecular weight is 401 g/mol. The molecule has 0 saturated carbocycles. The second kappa shape index (κ2) is 8.63. The topological polar surface area (TPSA) is 65.0 Å². The fraction of sp³-hybridized carbons (Fsp3) is 0.588. The molecular formula is C17H32O5Si3. The van der Waals surface area contributed by atoms with Crippen molar-refractivity contribution < 1.29 is 22.9 Å². The molecule has 0 unspecified atom stereocenters. The van der Waals surface area contributed by atoms with E-state index < -0.39 is 31.2 Å². The largest absolute Gasteiger partial charge is 0.507 e. The van der Waals surface area contributed by atoms with Gasteiger partial charge in [0.1, 0.15) is 11.3 Å². The Morgan fingerprint density at radius 2 is 1.48 bits per heavy atom. The van der Waals surface area contributed by atoms with Gasteiger partial charge in [-0.15, -0.1) is 0 Å². The van der Waals surface area contributed by atoms with E-state index in [4.69, 9.17) is 13.0 Å². The average Bonchev–Trinajstić information content (AvgIpc) is 2.39. The first-order chi connectivity index (χ1) is 11.3. The van der Waals surface area contributed by atoms with Crippen LogP contribution in [0.4, 0.5) is 0 Å². The molecular weight excluding hydrogens is 368 g/mol. The summed E-state index contributed by atoms with van der Waals surface area (Å²) in [5.41, 5.74) is 0.194. The van der Waals surface area contributed by atoms with Crippen LogP contribution in [0.1, 0.15) is 16.8 Å². The number of para-hydroxylation sites is 1. The van der Waals surface area contributed by atoms with Crippen LogP contribution >= 0.6 is 0 Å². The van der Waals surface area contributed by atoms with Crippen LogP contribution in [0.2, 0.25) is 51.9 Å². The molecule has 0 fully saturated rings. The Morgan fingerprint density at radius 3 is 1.96 bits per heavy atom. The number of hydrogen-bond donors (Lipinski definition) is 1. The molecule has 0 radical (unpaired) electrons. The summed E-state index contributed by atoms with van der Waals surface area (Å²) in [7, 11) is -5.73. The van der Waals surface area contributed by atoms with E-state index in [1.807, 2.05) is 0 Å². The molecule has 0 aliphatic rings. The van der Waals surface area contributed by atoms with E-state index in [2.05, 4.69) is 45.8 Å². The molecule has 0 aliphatic carbocycles. The lowest BCUT2D eigenvalue weighted by atomic mass is 10.2. The molecule has 5 nitrogen and oxygen atoms in total. The number of phenolic OH excluding ortho intramolecular Hbond substituents is 1. The van der Waals surface area contributed by atoms with Crippen molar-refractivity contribution in [3.63, 3.8) is 0 Å². The van der Waals surface area contributed by atoms with Crippen molar-refractivity contribution in [1.82, 2.24) is 0 Å². The van der Waals surface area contributed by atoms with Gasteiger partial charge in [-0.25, -0.2) is 4.79 Å². The number of aromatic hydroxyl groups is 1. The second-order valence-electron chi connectivity index (χ2n) is 8.32. The molecule has 0 atom stereocenters. The van der Waals surface area contributed by atoms with Crippen molar-refractivity contribution in [1.29, 1.82) is 0 Å². The number of carbonyl (C=O) groups excluding carboxylic acids is 1.